The number of sulfonamides is 1. The number of halogens is 1. The Hall–Kier alpha value is -1.19. The van der Waals surface area contributed by atoms with Crippen LogP contribution in [0.4, 0.5) is 5.69 Å². The van der Waals surface area contributed by atoms with E-state index in [0.29, 0.717) is 31.7 Å². The molecule has 7 nitrogen and oxygen atoms in total. The first-order valence-corrected chi connectivity index (χ1v) is 8.55. The van der Waals surface area contributed by atoms with Crippen molar-refractivity contribution in [3.8, 4) is 0 Å². The Morgan fingerprint density at radius 1 is 1.35 bits per heavy atom. The van der Waals surface area contributed by atoms with Crippen molar-refractivity contribution in [1.82, 2.24) is 4.72 Å². The van der Waals surface area contributed by atoms with Crippen LogP contribution in [0, 0.1) is 5.41 Å². The molecule has 9 heteroatoms. The van der Waals surface area contributed by atoms with E-state index in [9.17, 15) is 13.2 Å². The smallest absolute Gasteiger partial charge is 0.240 e. The zero-order chi connectivity index (χ0) is 16.2. The summed E-state index contributed by atoms with van der Waals surface area (Å²) in [4.78, 5) is 12.6. The van der Waals surface area contributed by atoms with Crippen molar-refractivity contribution in [3.05, 3.63) is 24.3 Å². The molecule has 1 aliphatic rings. The predicted octanol–water partition coefficient (Wildman–Crippen LogP) is 0.710. The van der Waals surface area contributed by atoms with Gasteiger partial charge in [-0.15, -0.1) is 12.4 Å². The van der Waals surface area contributed by atoms with Gasteiger partial charge < -0.3 is 15.8 Å². The Kier molecular flexibility index (Phi) is 6.97. The first-order chi connectivity index (χ1) is 10.4. The lowest BCUT2D eigenvalue weighted by Gasteiger charge is -2.34. The van der Waals surface area contributed by atoms with Gasteiger partial charge in [0.05, 0.1) is 10.3 Å². The highest BCUT2D eigenvalue weighted by molar-refractivity contribution is 7.89. The molecule has 0 aliphatic carbocycles. The van der Waals surface area contributed by atoms with Gasteiger partial charge in [-0.05, 0) is 38.1 Å². The number of carbonyl (C=O) groups is 1. The number of rotatable bonds is 5. The zero-order valence-electron chi connectivity index (χ0n) is 12.9. The number of carbonyl (C=O) groups excluding carboxylic acids is 1. The fraction of sp³-hybridized carbons (Fsp3) is 0.500. The topological polar surface area (TPSA) is 111 Å². The molecule has 1 aromatic rings. The van der Waals surface area contributed by atoms with E-state index in [1.807, 2.05) is 0 Å². The molecule has 1 heterocycles. The Labute approximate surface area is 142 Å². The van der Waals surface area contributed by atoms with Crippen LogP contribution in [-0.2, 0) is 19.6 Å². The number of benzene rings is 1. The molecule has 23 heavy (non-hydrogen) atoms. The summed E-state index contributed by atoms with van der Waals surface area (Å²) in [6.45, 7) is 1.23. The largest absolute Gasteiger partial charge is 0.381 e. The molecule has 0 unspecified atom stereocenters. The molecule has 1 aliphatic heterocycles. The van der Waals surface area contributed by atoms with Gasteiger partial charge in [-0.1, -0.05) is 6.07 Å². The van der Waals surface area contributed by atoms with Crippen LogP contribution in [-0.4, -0.2) is 41.1 Å². The molecule has 0 atom stereocenters. The maximum atomic E-state index is 12.5. The molecule has 4 N–H and O–H groups in total. The van der Waals surface area contributed by atoms with E-state index < -0.39 is 15.4 Å². The van der Waals surface area contributed by atoms with Crippen molar-refractivity contribution in [2.24, 2.45) is 11.1 Å². The Morgan fingerprint density at radius 3 is 2.57 bits per heavy atom. The van der Waals surface area contributed by atoms with Gasteiger partial charge in [0.15, 0.2) is 0 Å². The Bertz CT molecular complexity index is 645. The van der Waals surface area contributed by atoms with Crippen LogP contribution < -0.4 is 15.8 Å². The highest BCUT2D eigenvalue weighted by Crippen LogP contribution is 2.31. The molecule has 1 saturated heterocycles. The van der Waals surface area contributed by atoms with Crippen LogP contribution >= 0.6 is 12.4 Å². The number of ether oxygens (including phenoxy) is 1. The molecule has 2 rings (SSSR count). The maximum absolute atomic E-state index is 12.5. The van der Waals surface area contributed by atoms with Crippen molar-refractivity contribution in [2.75, 3.05) is 32.1 Å². The van der Waals surface area contributed by atoms with Gasteiger partial charge in [-0.25, -0.2) is 13.1 Å². The lowest BCUT2D eigenvalue weighted by molar-refractivity contribution is -0.130. The lowest BCUT2D eigenvalue weighted by Crippen LogP contribution is -2.46. The molecule has 130 valence electrons. The first-order valence-electron chi connectivity index (χ1n) is 7.06. The molecule has 0 bridgehead atoms. The molecule has 0 saturated carbocycles. The number of anilines is 1. The molecule has 0 aromatic heterocycles. The summed E-state index contributed by atoms with van der Waals surface area (Å²) in [5, 5.41) is 2.77. The minimum Gasteiger partial charge on any atom is -0.381 e. The van der Waals surface area contributed by atoms with Gasteiger partial charge in [0.1, 0.15) is 0 Å². The molecule has 0 radical (unpaired) electrons. The summed E-state index contributed by atoms with van der Waals surface area (Å²) >= 11 is 0. The van der Waals surface area contributed by atoms with Crippen molar-refractivity contribution in [2.45, 2.75) is 17.7 Å². The fourth-order valence-corrected chi connectivity index (χ4v) is 3.18. The van der Waals surface area contributed by atoms with Crippen LogP contribution in [0.3, 0.4) is 0 Å². The van der Waals surface area contributed by atoms with E-state index in [4.69, 9.17) is 10.5 Å². The monoisotopic (exact) mass is 363 g/mol. The lowest BCUT2D eigenvalue weighted by atomic mass is 9.79. The Morgan fingerprint density at radius 2 is 2.00 bits per heavy atom. The predicted molar refractivity (Wildman–Crippen MR) is 90.1 cm³/mol. The third-order valence-corrected chi connectivity index (χ3v) is 5.41. The number of amides is 1. The first kappa shape index (κ1) is 19.9. The quantitative estimate of drug-likeness (QED) is 0.713. The summed E-state index contributed by atoms with van der Waals surface area (Å²) in [6, 6.07) is 6.12. The summed E-state index contributed by atoms with van der Waals surface area (Å²) in [5.74, 6) is -0.197. The second-order valence-corrected chi connectivity index (χ2v) is 7.17. The highest BCUT2D eigenvalue weighted by atomic mass is 35.5. The van der Waals surface area contributed by atoms with Crippen LogP contribution in [0.5, 0.6) is 0 Å². The highest BCUT2D eigenvalue weighted by Gasteiger charge is 2.38. The second kappa shape index (κ2) is 8.07. The van der Waals surface area contributed by atoms with E-state index in [1.165, 1.54) is 19.2 Å². The third kappa shape index (κ3) is 4.42. The van der Waals surface area contributed by atoms with E-state index in [1.54, 1.807) is 12.1 Å². The van der Waals surface area contributed by atoms with E-state index >= 15 is 0 Å². The molecule has 1 aromatic carbocycles. The normalized spacial score (nSPS) is 17.1. The summed E-state index contributed by atoms with van der Waals surface area (Å²) < 4.78 is 31.1. The summed E-state index contributed by atoms with van der Waals surface area (Å²) in [6.07, 6.45) is 1.12. The minimum atomic E-state index is -3.55. The van der Waals surface area contributed by atoms with Crippen molar-refractivity contribution >= 4 is 34.0 Å². The number of nitrogens with one attached hydrogen (secondary N) is 2. The van der Waals surface area contributed by atoms with Crippen molar-refractivity contribution in [3.63, 3.8) is 0 Å². The molecule has 1 amide bonds. The summed E-state index contributed by atoms with van der Waals surface area (Å²) in [5.41, 5.74) is 5.57. The van der Waals surface area contributed by atoms with Crippen molar-refractivity contribution in [1.29, 1.82) is 0 Å². The average molecular weight is 364 g/mol. The fourth-order valence-electron chi connectivity index (χ4n) is 2.41. The van der Waals surface area contributed by atoms with E-state index in [2.05, 4.69) is 10.0 Å². The maximum Gasteiger partial charge on any atom is 0.240 e. The van der Waals surface area contributed by atoms with Gasteiger partial charge in [0.25, 0.3) is 0 Å². The zero-order valence-corrected chi connectivity index (χ0v) is 14.5. The van der Waals surface area contributed by atoms with Gasteiger partial charge in [0.2, 0.25) is 15.9 Å². The van der Waals surface area contributed by atoms with Crippen LogP contribution in [0.25, 0.3) is 0 Å². The van der Waals surface area contributed by atoms with Gasteiger partial charge in [0, 0.05) is 25.4 Å². The average Bonchev–Trinajstić information content (AvgIpc) is 2.55. The van der Waals surface area contributed by atoms with Gasteiger partial charge in [-0.2, -0.15) is 0 Å². The number of nitrogens with two attached hydrogens (primary N) is 1. The van der Waals surface area contributed by atoms with Crippen LogP contribution in [0.2, 0.25) is 0 Å². The summed E-state index contributed by atoms with van der Waals surface area (Å²) in [7, 11) is -2.21. The standard InChI is InChI=1S/C14H21N3O4S.ClH/c1-16-22(19,20)12-4-2-3-11(9-12)17-13(18)14(10-15)5-7-21-8-6-14;/h2-4,9,16H,5-8,10,15H2,1H3,(H,17,18);1H. The van der Waals surface area contributed by atoms with Gasteiger partial charge in [-0.3, -0.25) is 4.79 Å². The number of hydrogen-bond donors (Lipinski definition) is 3. The second-order valence-electron chi connectivity index (χ2n) is 5.29. The Balaban J connectivity index is 0.00000264. The molecule has 0 spiro atoms. The van der Waals surface area contributed by atoms with Crippen LogP contribution in [0.1, 0.15) is 12.8 Å². The third-order valence-electron chi connectivity index (χ3n) is 3.99. The molecular formula is C14H22ClN3O4S. The number of hydrogen-bond acceptors (Lipinski definition) is 5. The van der Waals surface area contributed by atoms with Crippen LogP contribution in [0.15, 0.2) is 29.2 Å². The molecule has 1 fully saturated rings. The van der Waals surface area contributed by atoms with Crippen molar-refractivity contribution < 1.29 is 17.9 Å². The van der Waals surface area contributed by atoms with E-state index in [0.717, 1.165) is 0 Å². The SMILES string of the molecule is CNS(=O)(=O)c1cccc(NC(=O)C2(CN)CCOCC2)c1.Cl. The minimum absolute atomic E-state index is 0. The molecular weight excluding hydrogens is 342 g/mol. The van der Waals surface area contributed by atoms with Gasteiger partial charge >= 0.3 is 0 Å². The van der Waals surface area contributed by atoms with E-state index in [-0.39, 0.29) is 29.8 Å².